The standard InChI is InChI=1S/2C24H20P.C8H6O4.3C6H8O2/c2*1-5-13-21(14-6-1)25(22-15-7-2-8-16-22,23-17-9-3-10-18-23)24-19-11-4-12-20-24;9-7(10)5-1-2-6(4-3-5)8(11)12;3*7-5-3-1-2-4-6(5)8/h2*1-20H;1-4H,(H,9,10)(H,11,12);3*3-4,7-8H,1-2H2/q2*+1;;;;/p-2. The van der Waals surface area contributed by atoms with Crippen molar-refractivity contribution in [2.45, 2.75) is 38.5 Å². The van der Waals surface area contributed by atoms with Crippen LogP contribution in [0.15, 0.2) is 338 Å². The largest absolute Gasteiger partial charge is 0.545 e. The molecule has 3 aliphatic carbocycles. The van der Waals surface area contributed by atoms with E-state index in [1.165, 1.54) is 42.4 Å². The summed E-state index contributed by atoms with van der Waals surface area (Å²) in [6.07, 6.45) is 14.6. The van der Waals surface area contributed by atoms with E-state index in [1.807, 2.05) is 0 Å². The lowest BCUT2D eigenvalue weighted by atomic mass is 10.1. The number of allylic oxidation sites excluding steroid dienone is 6. The molecular formula is C74H68O10P2. The number of rotatable bonds is 10. The van der Waals surface area contributed by atoms with E-state index in [4.69, 9.17) is 30.6 Å². The summed E-state index contributed by atoms with van der Waals surface area (Å²) in [4.78, 5) is 20.4. The summed E-state index contributed by atoms with van der Waals surface area (Å²) in [6.45, 7) is 0. The van der Waals surface area contributed by atoms with Crippen LogP contribution in [-0.4, -0.2) is 42.6 Å². The maximum absolute atomic E-state index is 10.2. The van der Waals surface area contributed by atoms with Crippen LogP contribution in [0.4, 0.5) is 0 Å². The summed E-state index contributed by atoms with van der Waals surface area (Å²) >= 11 is 0. The number of aromatic carboxylic acids is 2. The molecule has 0 unspecified atom stereocenters. The zero-order valence-electron chi connectivity index (χ0n) is 47.3. The predicted molar refractivity (Wildman–Crippen MR) is 350 cm³/mol. The Labute approximate surface area is 504 Å². The molecule has 0 spiro atoms. The predicted octanol–water partition coefficient (Wildman–Crippen LogP) is 12.0. The molecule has 0 radical (unpaired) electrons. The first-order valence-electron chi connectivity index (χ1n) is 28.0. The van der Waals surface area contributed by atoms with Crippen LogP contribution in [0.1, 0.15) is 59.2 Å². The van der Waals surface area contributed by atoms with E-state index in [9.17, 15) is 19.8 Å². The number of hydrogen-bond donors (Lipinski definition) is 6. The van der Waals surface area contributed by atoms with Gasteiger partial charge >= 0.3 is 0 Å². The average molecular weight is 1180 g/mol. The van der Waals surface area contributed by atoms with E-state index < -0.39 is 26.5 Å². The molecular weight excluding hydrogens is 1110 g/mol. The average Bonchev–Trinajstić information content (AvgIpc) is 0.955. The van der Waals surface area contributed by atoms with Crippen LogP contribution in [-0.2, 0) is 0 Å². The molecule has 12 rings (SSSR count). The molecule has 3 aliphatic rings. The fraction of sp³-hybridized carbons (Fsp3) is 0.0811. The van der Waals surface area contributed by atoms with Crippen molar-refractivity contribution in [3.63, 3.8) is 0 Å². The van der Waals surface area contributed by atoms with Gasteiger partial charge in [0, 0.05) is 0 Å². The third kappa shape index (κ3) is 16.9. The second-order valence-electron chi connectivity index (χ2n) is 19.4. The monoisotopic (exact) mass is 1180 g/mol. The van der Waals surface area contributed by atoms with Crippen LogP contribution in [0.5, 0.6) is 0 Å². The maximum atomic E-state index is 10.2. The molecule has 0 saturated carbocycles. The minimum absolute atomic E-state index is 0.0104. The van der Waals surface area contributed by atoms with Gasteiger partial charge in [-0.05, 0) is 183 Å². The SMILES string of the molecule is O=C([O-])c1ccc(C(=O)[O-])cc1.OC1=CCCC=C1O.OC1=CCCC=C1O.OC1=CCCC=C1O.c1ccc([P+](c2ccccc2)(c2ccccc2)c2ccccc2)cc1.c1ccc([P+](c2ccccc2)(c2ccccc2)c2ccccc2)cc1. The van der Waals surface area contributed by atoms with E-state index in [1.54, 1.807) is 36.5 Å². The Kier molecular flexibility index (Phi) is 24.2. The molecule has 0 bridgehead atoms. The molecule has 0 amide bonds. The van der Waals surface area contributed by atoms with Crippen molar-refractivity contribution in [3.8, 4) is 0 Å². The molecule has 10 nitrogen and oxygen atoms in total. The smallest absolute Gasteiger partial charge is 0.152 e. The second-order valence-corrected chi connectivity index (χ2v) is 26.3. The molecule has 0 aromatic heterocycles. The number of benzene rings is 9. The van der Waals surface area contributed by atoms with E-state index in [0.717, 1.165) is 62.8 Å². The first kappa shape index (κ1) is 63.6. The topological polar surface area (TPSA) is 202 Å². The molecule has 86 heavy (non-hydrogen) atoms. The summed E-state index contributed by atoms with van der Waals surface area (Å²) < 4.78 is 0. The number of aliphatic hydroxyl groups is 6. The summed E-state index contributed by atoms with van der Waals surface area (Å²) in [6, 6.07) is 92.3. The highest BCUT2D eigenvalue weighted by Gasteiger charge is 2.48. The second kappa shape index (κ2) is 32.8. The number of carboxylic acid groups (broad SMARTS) is 2. The Balaban J connectivity index is 0.000000160. The highest BCUT2D eigenvalue weighted by molar-refractivity contribution is 8.02. The Morgan fingerprint density at radius 3 is 0.465 bits per heavy atom. The maximum Gasteiger partial charge on any atom is 0.152 e. The van der Waals surface area contributed by atoms with E-state index in [2.05, 4.69) is 243 Å². The number of carbonyl (C=O) groups excluding carboxylic acids is 2. The Hall–Kier alpha value is -9.98. The highest BCUT2D eigenvalue weighted by Crippen LogP contribution is 2.55. The minimum Gasteiger partial charge on any atom is -0.545 e. The van der Waals surface area contributed by atoms with Gasteiger partial charge in [0.05, 0.1) is 11.9 Å². The van der Waals surface area contributed by atoms with Crippen molar-refractivity contribution in [2.24, 2.45) is 0 Å². The van der Waals surface area contributed by atoms with Gasteiger partial charge in [0.1, 0.15) is 57.0 Å². The van der Waals surface area contributed by atoms with Gasteiger partial charge in [0.15, 0.2) is 34.6 Å². The first-order chi connectivity index (χ1) is 41.9. The van der Waals surface area contributed by atoms with Gasteiger partial charge in [0.2, 0.25) is 0 Å². The fourth-order valence-corrected chi connectivity index (χ4v) is 18.2. The quantitative estimate of drug-likeness (QED) is 0.0716. The number of carboxylic acids is 2. The number of aliphatic hydroxyl groups excluding tert-OH is 6. The van der Waals surface area contributed by atoms with Crippen molar-refractivity contribution >= 4 is 68.9 Å². The zero-order chi connectivity index (χ0) is 61.0. The van der Waals surface area contributed by atoms with Gasteiger partial charge in [-0.15, -0.1) is 0 Å². The summed E-state index contributed by atoms with van der Waals surface area (Å²) in [7, 11) is -3.81. The molecule has 0 heterocycles. The van der Waals surface area contributed by atoms with Gasteiger partial charge in [-0.3, -0.25) is 0 Å². The van der Waals surface area contributed by atoms with Crippen LogP contribution in [0.25, 0.3) is 0 Å². The molecule has 9 aromatic carbocycles. The molecule has 9 aromatic rings. The van der Waals surface area contributed by atoms with Crippen LogP contribution in [0, 0.1) is 0 Å². The molecule has 6 N–H and O–H groups in total. The van der Waals surface area contributed by atoms with Crippen molar-refractivity contribution in [3.05, 3.63) is 349 Å². The van der Waals surface area contributed by atoms with Crippen molar-refractivity contribution in [1.82, 2.24) is 0 Å². The number of carbonyl (C=O) groups is 2. The van der Waals surface area contributed by atoms with Crippen molar-refractivity contribution in [1.29, 1.82) is 0 Å². The molecule has 0 atom stereocenters. The third-order valence-corrected chi connectivity index (χ3v) is 22.4. The van der Waals surface area contributed by atoms with E-state index >= 15 is 0 Å². The van der Waals surface area contributed by atoms with Crippen LogP contribution < -0.4 is 52.6 Å². The van der Waals surface area contributed by atoms with Crippen molar-refractivity contribution in [2.75, 3.05) is 0 Å². The van der Waals surface area contributed by atoms with E-state index in [0.29, 0.717) is 0 Å². The summed E-state index contributed by atoms with van der Waals surface area (Å²) in [5, 5.41) is 83.8. The lowest BCUT2D eigenvalue weighted by Crippen LogP contribution is -2.38. The Morgan fingerprint density at radius 1 is 0.233 bits per heavy atom. The Morgan fingerprint density at radius 2 is 0.360 bits per heavy atom. The zero-order valence-corrected chi connectivity index (χ0v) is 49.1. The molecule has 0 aliphatic heterocycles. The third-order valence-electron chi connectivity index (χ3n) is 13.8. The molecule has 0 saturated heterocycles. The van der Waals surface area contributed by atoms with Gasteiger partial charge in [-0.25, -0.2) is 0 Å². The van der Waals surface area contributed by atoms with Crippen molar-refractivity contribution < 1.29 is 50.4 Å². The highest BCUT2D eigenvalue weighted by atomic mass is 31.2. The fourth-order valence-electron chi connectivity index (χ4n) is 9.69. The van der Waals surface area contributed by atoms with Gasteiger partial charge in [-0.2, -0.15) is 0 Å². The lowest BCUT2D eigenvalue weighted by Gasteiger charge is -2.27. The summed E-state index contributed by atoms with van der Waals surface area (Å²) in [5.41, 5.74) is -0.111. The normalized spacial score (nSPS) is 13.3. The molecule has 434 valence electrons. The van der Waals surface area contributed by atoms with Gasteiger partial charge in [0.25, 0.3) is 0 Å². The first-order valence-corrected chi connectivity index (χ1v) is 31.6. The Bertz CT molecular complexity index is 3060. The lowest BCUT2D eigenvalue weighted by molar-refractivity contribution is -0.256. The van der Waals surface area contributed by atoms with Gasteiger partial charge in [-0.1, -0.05) is 170 Å². The van der Waals surface area contributed by atoms with Crippen LogP contribution in [0.2, 0.25) is 0 Å². The van der Waals surface area contributed by atoms with Crippen LogP contribution in [0.3, 0.4) is 0 Å². The summed E-state index contributed by atoms with van der Waals surface area (Å²) in [5.74, 6) is -2.60. The molecule has 12 heteroatoms. The van der Waals surface area contributed by atoms with E-state index in [-0.39, 0.29) is 45.7 Å². The minimum atomic E-state index is -1.91. The number of hydrogen-bond acceptors (Lipinski definition) is 10. The van der Waals surface area contributed by atoms with Gasteiger partial charge < -0.3 is 50.4 Å². The molecule has 0 fully saturated rings. The van der Waals surface area contributed by atoms with Crippen LogP contribution >= 0.6 is 14.5 Å².